The van der Waals surface area contributed by atoms with Gasteiger partial charge >= 0.3 is 6.18 Å². The number of aromatic nitrogens is 2. The fourth-order valence-corrected chi connectivity index (χ4v) is 3.35. The molecule has 1 amide bonds. The molecule has 0 bridgehead atoms. The van der Waals surface area contributed by atoms with E-state index in [-0.39, 0.29) is 11.7 Å². The van der Waals surface area contributed by atoms with E-state index in [9.17, 15) is 18.0 Å². The molecule has 0 unspecified atom stereocenters. The number of anilines is 1. The molecule has 0 saturated heterocycles. The minimum atomic E-state index is -4.44. The van der Waals surface area contributed by atoms with Gasteiger partial charge in [0.2, 0.25) is 0 Å². The van der Waals surface area contributed by atoms with E-state index in [1.54, 1.807) is 6.07 Å². The van der Waals surface area contributed by atoms with Crippen molar-refractivity contribution in [2.75, 3.05) is 5.32 Å². The van der Waals surface area contributed by atoms with Gasteiger partial charge < -0.3 is 10.1 Å². The van der Waals surface area contributed by atoms with Gasteiger partial charge in [-0.25, -0.2) is 0 Å². The topological polar surface area (TPSA) is 67.0 Å². The quantitative estimate of drug-likeness (QED) is 0.648. The van der Waals surface area contributed by atoms with Gasteiger partial charge in [0, 0.05) is 10.9 Å². The summed E-state index contributed by atoms with van der Waals surface area (Å²) in [5.74, 6) is 0.465. The molecule has 2 aromatic carbocycles. The molecule has 1 aliphatic carbocycles. The highest BCUT2D eigenvalue weighted by molar-refractivity contribution is 6.08. The molecular weight excluding hydrogens is 371 g/mol. The zero-order valence-corrected chi connectivity index (χ0v) is 14.8. The SMILES string of the molecule is O=C(Nc1n[nH]c2ccc(OC3CCCC3)cc12)c1ccc(C(F)(F)F)cc1. The summed E-state index contributed by atoms with van der Waals surface area (Å²) in [5.41, 5.74) is 0.0342. The maximum Gasteiger partial charge on any atom is 0.416 e. The van der Waals surface area contributed by atoms with Crippen LogP contribution < -0.4 is 10.1 Å². The number of aromatic amines is 1. The van der Waals surface area contributed by atoms with E-state index in [2.05, 4.69) is 15.5 Å². The van der Waals surface area contributed by atoms with Crippen LogP contribution in [0.1, 0.15) is 41.6 Å². The Balaban J connectivity index is 1.52. The third-order valence-corrected chi connectivity index (χ3v) is 4.85. The van der Waals surface area contributed by atoms with Gasteiger partial charge in [-0.1, -0.05) is 0 Å². The molecule has 3 aromatic rings. The van der Waals surface area contributed by atoms with Crippen LogP contribution in [0.25, 0.3) is 10.9 Å². The highest BCUT2D eigenvalue weighted by Gasteiger charge is 2.30. The normalized spacial score (nSPS) is 15.1. The molecule has 0 radical (unpaired) electrons. The van der Waals surface area contributed by atoms with Crippen molar-refractivity contribution in [3.8, 4) is 5.75 Å². The number of nitrogens with zero attached hydrogens (tertiary/aromatic N) is 1. The number of rotatable bonds is 4. The number of halogens is 3. The lowest BCUT2D eigenvalue weighted by Gasteiger charge is -2.13. The van der Waals surface area contributed by atoms with Crippen molar-refractivity contribution in [1.82, 2.24) is 10.2 Å². The number of H-pyrrole nitrogens is 1. The number of alkyl halides is 3. The number of fused-ring (bicyclic) bond motifs is 1. The number of carbonyl (C=O) groups is 1. The standard InChI is InChI=1S/C20H18F3N3O2/c21-20(22,23)13-7-5-12(6-8-13)19(27)24-18-16-11-15(9-10-17(16)25-26-18)28-14-3-1-2-4-14/h5-11,14H,1-4H2,(H2,24,25,26,27). The monoisotopic (exact) mass is 389 g/mol. The second-order valence-electron chi connectivity index (χ2n) is 6.83. The highest BCUT2D eigenvalue weighted by atomic mass is 19.4. The molecule has 0 atom stereocenters. The van der Waals surface area contributed by atoms with Crippen LogP contribution in [0.3, 0.4) is 0 Å². The number of hydrogen-bond donors (Lipinski definition) is 2. The molecule has 4 rings (SSSR count). The minimum Gasteiger partial charge on any atom is -0.490 e. The minimum absolute atomic E-state index is 0.113. The van der Waals surface area contributed by atoms with Crippen molar-refractivity contribution in [2.24, 2.45) is 0 Å². The second-order valence-corrected chi connectivity index (χ2v) is 6.83. The van der Waals surface area contributed by atoms with Crippen molar-refractivity contribution in [2.45, 2.75) is 38.0 Å². The Bertz CT molecular complexity index is 990. The lowest BCUT2D eigenvalue weighted by atomic mass is 10.1. The number of amides is 1. The Morgan fingerprint density at radius 3 is 2.50 bits per heavy atom. The maximum absolute atomic E-state index is 12.7. The van der Waals surface area contributed by atoms with Crippen LogP contribution in [0.5, 0.6) is 5.75 Å². The van der Waals surface area contributed by atoms with Crippen molar-refractivity contribution in [3.05, 3.63) is 53.6 Å². The summed E-state index contributed by atoms with van der Waals surface area (Å²) in [7, 11) is 0. The van der Waals surface area contributed by atoms with Crippen LogP contribution in [0.2, 0.25) is 0 Å². The van der Waals surface area contributed by atoms with Crippen LogP contribution in [0.4, 0.5) is 19.0 Å². The lowest BCUT2D eigenvalue weighted by molar-refractivity contribution is -0.137. The number of carbonyl (C=O) groups excluding carboxylic acids is 1. The zero-order chi connectivity index (χ0) is 19.7. The molecule has 0 spiro atoms. The van der Waals surface area contributed by atoms with Gasteiger partial charge in [-0.05, 0) is 68.1 Å². The first kappa shape index (κ1) is 18.3. The molecule has 28 heavy (non-hydrogen) atoms. The van der Waals surface area contributed by atoms with E-state index in [0.717, 1.165) is 55.5 Å². The first-order valence-corrected chi connectivity index (χ1v) is 9.03. The van der Waals surface area contributed by atoms with Crippen molar-refractivity contribution in [1.29, 1.82) is 0 Å². The molecule has 2 N–H and O–H groups in total. The summed E-state index contributed by atoms with van der Waals surface area (Å²) in [6, 6.07) is 9.51. The predicted octanol–water partition coefficient (Wildman–Crippen LogP) is 5.16. The van der Waals surface area contributed by atoms with E-state index < -0.39 is 17.6 Å². The Morgan fingerprint density at radius 2 is 1.82 bits per heavy atom. The number of benzene rings is 2. The third-order valence-electron chi connectivity index (χ3n) is 4.85. The molecule has 1 fully saturated rings. The van der Waals surface area contributed by atoms with Crippen molar-refractivity contribution >= 4 is 22.6 Å². The largest absolute Gasteiger partial charge is 0.490 e. The Kier molecular flexibility index (Phi) is 4.70. The van der Waals surface area contributed by atoms with Gasteiger partial charge in [0.25, 0.3) is 5.91 Å². The third kappa shape index (κ3) is 3.81. The zero-order valence-electron chi connectivity index (χ0n) is 14.8. The highest BCUT2D eigenvalue weighted by Crippen LogP contribution is 2.30. The van der Waals surface area contributed by atoms with Crippen molar-refractivity contribution < 1.29 is 22.7 Å². The van der Waals surface area contributed by atoms with E-state index in [1.807, 2.05) is 12.1 Å². The van der Waals surface area contributed by atoms with Crippen LogP contribution in [-0.2, 0) is 6.18 Å². The molecular formula is C20H18F3N3O2. The van der Waals surface area contributed by atoms with E-state index in [0.29, 0.717) is 17.0 Å². The predicted molar refractivity (Wildman–Crippen MR) is 98.4 cm³/mol. The fraction of sp³-hybridized carbons (Fsp3) is 0.300. The molecule has 0 aliphatic heterocycles. The summed E-state index contributed by atoms with van der Waals surface area (Å²) >= 11 is 0. The van der Waals surface area contributed by atoms with Crippen LogP contribution in [0, 0.1) is 0 Å². The molecule has 1 heterocycles. The van der Waals surface area contributed by atoms with Gasteiger partial charge in [0.15, 0.2) is 5.82 Å². The molecule has 1 aliphatic rings. The molecule has 1 aromatic heterocycles. The Labute approximate surface area is 158 Å². The number of hydrogen-bond acceptors (Lipinski definition) is 3. The van der Waals surface area contributed by atoms with Gasteiger partial charge in [0.1, 0.15) is 5.75 Å². The lowest BCUT2D eigenvalue weighted by Crippen LogP contribution is -2.13. The average molecular weight is 389 g/mol. The maximum atomic E-state index is 12.7. The number of nitrogens with one attached hydrogen (secondary N) is 2. The van der Waals surface area contributed by atoms with Crippen molar-refractivity contribution in [3.63, 3.8) is 0 Å². The van der Waals surface area contributed by atoms with Crippen LogP contribution >= 0.6 is 0 Å². The molecule has 5 nitrogen and oxygen atoms in total. The molecule has 8 heteroatoms. The van der Waals surface area contributed by atoms with Gasteiger partial charge in [-0.15, -0.1) is 0 Å². The number of ether oxygens (including phenoxy) is 1. The Hall–Kier alpha value is -3.03. The first-order chi connectivity index (χ1) is 13.4. The van der Waals surface area contributed by atoms with Gasteiger partial charge in [-0.3, -0.25) is 9.89 Å². The van der Waals surface area contributed by atoms with E-state index >= 15 is 0 Å². The summed E-state index contributed by atoms with van der Waals surface area (Å²) in [6.45, 7) is 0. The molecule has 1 saturated carbocycles. The van der Waals surface area contributed by atoms with Gasteiger partial charge in [-0.2, -0.15) is 18.3 Å². The molecule has 146 valence electrons. The summed E-state index contributed by atoms with van der Waals surface area (Å²) in [5, 5.41) is 10.2. The van der Waals surface area contributed by atoms with Gasteiger partial charge in [0.05, 0.1) is 17.2 Å². The van der Waals surface area contributed by atoms with E-state index in [1.165, 1.54) is 0 Å². The fourth-order valence-electron chi connectivity index (χ4n) is 3.35. The average Bonchev–Trinajstić information content (AvgIpc) is 3.31. The first-order valence-electron chi connectivity index (χ1n) is 9.03. The smallest absolute Gasteiger partial charge is 0.416 e. The summed E-state index contributed by atoms with van der Waals surface area (Å²) < 4.78 is 44.0. The Morgan fingerprint density at radius 1 is 1.11 bits per heavy atom. The van der Waals surface area contributed by atoms with Crippen LogP contribution in [-0.4, -0.2) is 22.2 Å². The summed E-state index contributed by atoms with van der Waals surface area (Å²) in [6.07, 6.45) is 0.139. The van der Waals surface area contributed by atoms with Crippen LogP contribution in [0.15, 0.2) is 42.5 Å². The second kappa shape index (κ2) is 7.18. The van der Waals surface area contributed by atoms with E-state index in [4.69, 9.17) is 4.74 Å². The summed E-state index contributed by atoms with van der Waals surface area (Å²) in [4.78, 5) is 12.4.